The van der Waals surface area contributed by atoms with Crippen LogP contribution in [-0.2, 0) is 4.79 Å². The van der Waals surface area contributed by atoms with Gasteiger partial charge in [0.05, 0.1) is 11.5 Å². The second-order valence-electron chi connectivity index (χ2n) is 3.77. The summed E-state index contributed by atoms with van der Waals surface area (Å²) in [4.78, 5) is 11.5. The van der Waals surface area contributed by atoms with E-state index in [1.807, 2.05) is 0 Å². The summed E-state index contributed by atoms with van der Waals surface area (Å²) in [5.74, 6) is -0.196. The van der Waals surface area contributed by atoms with Crippen LogP contribution in [0.25, 0.3) is 0 Å². The van der Waals surface area contributed by atoms with Gasteiger partial charge in [-0.25, -0.2) is 0 Å². The molecule has 0 aromatic rings. The average Bonchev–Trinajstić information content (AvgIpc) is 2.48. The monoisotopic (exact) mass is 225 g/mol. The van der Waals surface area contributed by atoms with Crippen LogP contribution < -0.4 is 5.32 Å². The topological polar surface area (TPSA) is 49.3 Å². The molecule has 0 spiro atoms. The van der Waals surface area contributed by atoms with Gasteiger partial charge in [-0.1, -0.05) is 0 Å². The Bertz CT molecular complexity index is 230. The Kier molecular flexibility index (Phi) is 2.81. The van der Waals surface area contributed by atoms with Crippen molar-refractivity contribution >= 4 is 29.1 Å². The summed E-state index contributed by atoms with van der Waals surface area (Å²) < 4.78 is -0.935. The summed E-state index contributed by atoms with van der Waals surface area (Å²) >= 11 is 11.6. The van der Waals surface area contributed by atoms with E-state index in [4.69, 9.17) is 28.3 Å². The number of aliphatic hydroxyl groups excluding tert-OH is 1. The number of alkyl halides is 2. The molecule has 3 nitrogen and oxygen atoms in total. The molecule has 0 aromatic carbocycles. The minimum Gasteiger partial charge on any atom is -0.392 e. The molecule has 1 saturated carbocycles. The van der Waals surface area contributed by atoms with E-state index in [1.165, 1.54) is 0 Å². The van der Waals surface area contributed by atoms with E-state index in [0.29, 0.717) is 6.42 Å². The Hall–Kier alpha value is 0.01000. The van der Waals surface area contributed by atoms with Crippen molar-refractivity contribution in [1.82, 2.24) is 5.32 Å². The maximum Gasteiger partial charge on any atom is 0.229 e. The molecule has 0 saturated heterocycles. The molecule has 0 aliphatic heterocycles. The highest BCUT2D eigenvalue weighted by Crippen LogP contribution is 2.63. The average molecular weight is 226 g/mol. The Labute approximate surface area is 87.4 Å². The fourth-order valence-electron chi connectivity index (χ4n) is 1.08. The molecule has 1 unspecified atom stereocenters. The van der Waals surface area contributed by atoms with Crippen LogP contribution in [0.1, 0.15) is 20.3 Å². The number of rotatable bonds is 3. The van der Waals surface area contributed by atoms with Crippen molar-refractivity contribution in [3.63, 3.8) is 0 Å². The smallest absolute Gasteiger partial charge is 0.229 e. The van der Waals surface area contributed by atoms with E-state index in [0.717, 1.165) is 0 Å². The molecule has 0 radical (unpaired) electrons. The van der Waals surface area contributed by atoms with E-state index in [2.05, 4.69) is 5.32 Å². The Morgan fingerprint density at radius 1 is 1.69 bits per heavy atom. The molecule has 1 fully saturated rings. The van der Waals surface area contributed by atoms with Gasteiger partial charge in [0.25, 0.3) is 0 Å². The number of aliphatic hydroxyl groups is 1. The Balaban J connectivity index is 2.42. The first-order valence-electron chi connectivity index (χ1n) is 4.14. The highest BCUT2D eigenvalue weighted by Gasteiger charge is 2.67. The fraction of sp³-hybridized carbons (Fsp3) is 0.875. The summed E-state index contributed by atoms with van der Waals surface area (Å²) in [5, 5.41) is 11.5. The molecule has 0 aromatic heterocycles. The van der Waals surface area contributed by atoms with Gasteiger partial charge in [0.15, 0.2) is 0 Å². The van der Waals surface area contributed by atoms with E-state index < -0.39 is 15.9 Å². The van der Waals surface area contributed by atoms with Crippen LogP contribution in [0.2, 0.25) is 0 Å². The third-order valence-corrected chi connectivity index (χ3v) is 3.42. The minimum atomic E-state index is -0.935. The molecule has 2 N–H and O–H groups in total. The SMILES string of the molecule is C[C@@H](O)CNC(=O)C1(C)CC1(Cl)Cl. The third kappa shape index (κ3) is 2.09. The van der Waals surface area contributed by atoms with Gasteiger partial charge in [-0.3, -0.25) is 4.79 Å². The van der Waals surface area contributed by atoms with E-state index >= 15 is 0 Å². The van der Waals surface area contributed by atoms with Crippen molar-refractivity contribution in [2.24, 2.45) is 5.41 Å². The third-order valence-electron chi connectivity index (χ3n) is 2.32. The van der Waals surface area contributed by atoms with Crippen LogP contribution in [0.5, 0.6) is 0 Å². The maximum absolute atomic E-state index is 11.5. The first-order chi connectivity index (χ1) is 5.79. The predicted octanol–water partition coefficient (Wildman–Crippen LogP) is 1.07. The van der Waals surface area contributed by atoms with Crippen molar-refractivity contribution in [3.8, 4) is 0 Å². The number of hydrogen-bond donors (Lipinski definition) is 2. The molecule has 5 heteroatoms. The quantitative estimate of drug-likeness (QED) is 0.707. The second-order valence-corrected chi connectivity index (χ2v) is 5.26. The summed E-state index contributed by atoms with van der Waals surface area (Å²) in [6.07, 6.45) is -0.0827. The Morgan fingerprint density at radius 2 is 2.15 bits per heavy atom. The lowest BCUT2D eigenvalue weighted by molar-refractivity contribution is -0.126. The zero-order valence-electron chi connectivity index (χ0n) is 7.60. The Morgan fingerprint density at radius 3 is 2.46 bits per heavy atom. The standard InChI is InChI=1S/C8H13Cl2NO2/c1-5(12)3-11-6(13)7(2)4-8(7,9)10/h5,12H,3-4H2,1-2H3,(H,11,13)/t5-,7?/m1/s1. The van der Waals surface area contributed by atoms with Gasteiger partial charge in [0, 0.05) is 6.54 Å². The second kappa shape index (κ2) is 3.30. The van der Waals surface area contributed by atoms with E-state index in [1.54, 1.807) is 13.8 Å². The zero-order valence-corrected chi connectivity index (χ0v) is 9.11. The molecular formula is C8H13Cl2NO2. The van der Waals surface area contributed by atoms with Crippen LogP contribution >= 0.6 is 23.2 Å². The highest BCUT2D eigenvalue weighted by molar-refractivity contribution is 6.53. The molecule has 1 amide bonds. The van der Waals surface area contributed by atoms with E-state index in [9.17, 15) is 4.79 Å². The lowest BCUT2D eigenvalue weighted by Gasteiger charge is -2.13. The number of amides is 1. The molecule has 0 bridgehead atoms. The van der Waals surface area contributed by atoms with Crippen molar-refractivity contribution in [2.75, 3.05) is 6.54 Å². The van der Waals surface area contributed by atoms with Crippen molar-refractivity contribution < 1.29 is 9.90 Å². The minimum absolute atomic E-state index is 0.196. The molecule has 2 atom stereocenters. The van der Waals surface area contributed by atoms with Gasteiger partial charge in [-0.2, -0.15) is 0 Å². The first-order valence-corrected chi connectivity index (χ1v) is 4.89. The molecule has 76 valence electrons. The number of halogens is 2. The molecule has 0 heterocycles. The maximum atomic E-state index is 11.5. The molecular weight excluding hydrogens is 213 g/mol. The summed E-state index contributed by atoms with van der Waals surface area (Å²) in [5.41, 5.74) is -0.689. The van der Waals surface area contributed by atoms with Gasteiger partial charge < -0.3 is 10.4 Å². The largest absolute Gasteiger partial charge is 0.392 e. The number of nitrogens with one attached hydrogen (secondary N) is 1. The lowest BCUT2D eigenvalue weighted by Crippen LogP contribution is -2.37. The summed E-state index contributed by atoms with van der Waals surface area (Å²) in [6, 6.07) is 0. The van der Waals surface area contributed by atoms with Crippen molar-refractivity contribution in [2.45, 2.75) is 30.7 Å². The fourth-order valence-corrected chi connectivity index (χ4v) is 1.79. The molecule has 1 aliphatic rings. The highest BCUT2D eigenvalue weighted by atomic mass is 35.5. The van der Waals surface area contributed by atoms with Gasteiger partial charge >= 0.3 is 0 Å². The molecule has 13 heavy (non-hydrogen) atoms. The predicted molar refractivity (Wildman–Crippen MR) is 51.9 cm³/mol. The van der Waals surface area contributed by atoms with E-state index in [-0.39, 0.29) is 12.5 Å². The summed E-state index contributed by atoms with van der Waals surface area (Å²) in [6.45, 7) is 3.55. The summed E-state index contributed by atoms with van der Waals surface area (Å²) in [7, 11) is 0. The van der Waals surface area contributed by atoms with Crippen LogP contribution in [-0.4, -0.2) is 28.0 Å². The number of carbonyl (C=O) groups is 1. The van der Waals surface area contributed by atoms with Gasteiger partial charge in [0.1, 0.15) is 4.33 Å². The van der Waals surface area contributed by atoms with Gasteiger partial charge in [-0.05, 0) is 20.3 Å². The van der Waals surface area contributed by atoms with Crippen LogP contribution in [0.4, 0.5) is 0 Å². The number of carbonyl (C=O) groups excluding carboxylic acids is 1. The van der Waals surface area contributed by atoms with Gasteiger partial charge in [-0.15, -0.1) is 23.2 Å². The zero-order chi connectivity index (χ0) is 10.3. The van der Waals surface area contributed by atoms with Crippen LogP contribution in [0.3, 0.4) is 0 Å². The van der Waals surface area contributed by atoms with Crippen molar-refractivity contribution in [1.29, 1.82) is 0 Å². The van der Waals surface area contributed by atoms with Crippen molar-refractivity contribution in [3.05, 3.63) is 0 Å². The van der Waals surface area contributed by atoms with Crippen LogP contribution in [0.15, 0.2) is 0 Å². The van der Waals surface area contributed by atoms with Crippen LogP contribution in [0, 0.1) is 5.41 Å². The molecule has 1 aliphatic carbocycles. The normalized spacial score (nSPS) is 32.4. The lowest BCUT2D eigenvalue weighted by atomic mass is 10.1. The number of hydrogen-bond acceptors (Lipinski definition) is 2. The first kappa shape index (κ1) is 11.1. The molecule has 1 rings (SSSR count). The van der Waals surface area contributed by atoms with Gasteiger partial charge in [0.2, 0.25) is 5.91 Å².